The van der Waals surface area contributed by atoms with E-state index in [1.54, 1.807) is 21.1 Å². The Hall–Kier alpha value is -2.54. The smallest absolute Gasteiger partial charge is 0.225 e. The summed E-state index contributed by atoms with van der Waals surface area (Å²) in [5.41, 5.74) is 2.49. The van der Waals surface area contributed by atoms with Gasteiger partial charge in [0.2, 0.25) is 5.91 Å². The third kappa shape index (κ3) is 4.98. The molecule has 0 aliphatic heterocycles. The third-order valence-corrected chi connectivity index (χ3v) is 4.13. The summed E-state index contributed by atoms with van der Waals surface area (Å²) in [4.78, 5) is 12.3. The predicted octanol–water partition coefficient (Wildman–Crippen LogP) is 2.75. The Morgan fingerprint density at radius 3 is 2.62 bits per heavy atom. The maximum absolute atomic E-state index is 12.3. The van der Waals surface area contributed by atoms with Crippen LogP contribution in [0.15, 0.2) is 22.7 Å². The number of hydrogen-bond acceptors (Lipinski definition) is 6. The molecule has 0 bridgehead atoms. The normalized spacial score (nSPS) is 11.9. The van der Waals surface area contributed by atoms with E-state index in [9.17, 15) is 4.79 Å². The number of nitrogens with zero attached hydrogens (tertiary/aromatic N) is 1. The van der Waals surface area contributed by atoms with Gasteiger partial charge in [0.05, 0.1) is 31.9 Å². The first-order valence-electron chi connectivity index (χ1n) is 8.47. The monoisotopic (exact) mass is 362 g/mol. The first-order valence-corrected chi connectivity index (χ1v) is 8.47. The molecule has 1 heterocycles. The van der Waals surface area contributed by atoms with E-state index in [0.717, 1.165) is 16.8 Å². The maximum atomic E-state index is 12.3. The second-order valence-electron chi connectivity index (χ2n) is 6.02. The molecular weight excluding hydrogens is 336 g/mol. The van der Waals surface area contributed by atoms with Crippen LogP contribution in [0.2, 0.25) is 0 Å². The Balaban J connectivity index is 2.02. The highest BCUT2D eigenvalue weighted by molar-refractivity contribution is 5.79. The van der Waals surface area contributed by atoms with Gasteiger partial charge in [-0.15, -0.1) is 0 Å². The van der Waals surface area contributed by atoms with E-state index >= 15 is 0 Å². The topological polar surface area (TPSA) is 82.8 Å². The zero-order valence-electron chi connectivity index (χ0n) is 15.9. The van der Waals surface area contributed by atoms with Crippen LogP contribution in [0.1, 0.15) is 35.5 Å². The van der Waals surface area contributed by atoms with E-state index in [1.807, 2.05) is 32.0 Å². The first-order chi connectivity index (χ1) is 12.5. The second kappa shape index (κ2) is 9.24. The van der Waals surface area contributed by atoms with Crippen LogP contribution in [0.5, 0.6) is 11.5 Å². The highest BCUT2D eigenvalue weighted by atomic mass is 16.5. The summed E-state index contributed by atoms with van der Waals surface area (Å²) >= 11 is 0. The number of hydrogen-bond donors (Lipinski definition) is 1. The Bertz CT molecular complexity index is 722. The van der Waals surface area contributed by atoms with E-state index in [-0.39, 0.29) is 18.4 Å². The Morgan fingerprint density at radius 2 is 2.00 bits per heavy atom. The number of rotatable bonds is 9. The van der Waals surface area contributed by atoms with Gasteiger partial charge in [-0.3, -0.25) is 4.79 Å². The van der Waals surface area contributed by atoms with Crippen molar-refractivity contribution in [3.8, 4) is 11.5 Å². The van der Waals surface area contributed by atoms with Crippen LogP contribution in [0.25, 0.3) is 0 Å². The average molecular weight is 362 g/mol. The molecule has 142 valence electrons. The number of methoxy groups -OCH3 is 2. The van der Waals surface area contributed by atoms with Gasteiger partial charge in [0.25, 0.3) is 0 Å². The van der Waals surface area contributed by atoms with Crippen molar-refractivity contribution < 1.29 is 23.5 Å². The average Bonchev–Trinajstić information content (AvgIpc) is 2.93. The molecule has 0 aliphatic carbocycles. The van der Waals surface area contributed by atoms with Gasteiger partial charge in [-0.05, 0) is 38.5 Å². The van der Waals surface area contributed by atoms with Crippen molar-refractivity contribution >= 4 is 5.91 Å². The minimum Gasteiger partial charge on any atom is -0.493 e. The quantitative estimate of drug-likeness (QED) is 0.691. The summed E-state index contributed by atoms with van der Waals surface area (Å²) in [6, 6.07) is 5.43. The third-order valence-electron chi connectivity index (χ3n) is 4.13. The Kier molecular flexibility index (Phi) is 7.03. The molecule has 0 radical (unpaired) electrons. The van der Waals surface area contributed by atoms with Crippen LogP contribution in [0.4, 0.5) is 0 Å². The lowest BCUT2D eigenvalue weighted by molar-refractivity contribution is -0.121. The van der Waals surface area contributed by atoms with E-state index in [2.05, 4.69) is 10.5 Å². The number of carbonyl (C=O) groups excluding carboxylic acids is 1. The fourth-order valence-electron chi connectivity index (χ4n) is 2.60. The summed E-state index contributed by atoms with van der Waals surface area (Å²) in [6.45, 7) is 6.50. The van der Waals surface area contributed by atoms with E-state index < -0.39 is 0 Å². The zero-order valence-corrected chi connectivity index (χ0v) is 15.9. The van der Waals surface area contributed by atoms with Crippen molar-refractivity contribution in [3.63, 3.8) is 0 Å². The van der Waals surface area contributed by atoms with Crippen molar-refractivity contribution in [2.24, 2.45) is 0 Å². The van der Waals surface area contributed by atoms with Crippen molar-refractivity contribution in [2.45, 2.75) is 33.2 Å². The number of amides is 1. The van der Waals surface area contributed by atoms with Crippen molar-refractivity contribution in [3.05, 3.63) is 40.8 Å². The summed E-state index contributed by atoms with van der Waals surface area (Å²) in [5, 5.41) is 6.86. The standard InChI is InChI=1S/C19H26N2O5/c1-12(20-19(22)11-16-13(2)21-26-14(16)3)15-6-7-17(18(10-15)24-5)25-9-8-23-4/h6-7,10,12H,8-9,11H2,1-5H3,(H,20,22)/t12-/m1/s1. The lowest BCUT2D eigenvalue weighted by Crippen LogP contribution is -2.28. The maximum Gasteiger partial charge on any atom is 0.225 e. The largest absolute Gasteiger partial charge is 0.493 e. The van der Waals surface area contributed by atoms with Crippen LogP contribution in [-0.2, 0) is 16.0 Å². The minimum absolute atomic E-state index is 0.0914. The van der Waals surface area contributed by atoms with Crippen LogP contribution >= 0.6 is 0 Å². The second-order valence-corrected chi connectivity index (χ2v) is 6.02. The molecule has 0 saturated carbocycles. The van der Waals surface area contributed by atoms with Crippen molar-refractivity contribution in [1.82, 2.24) is 10.5 Å². The number of aromatic nitrogens is 1. The molecule has 1 amide bonds. The molecule has 1 aromatic heterocycles. The molecule has 7 nitrogen and oxygen atoms in total. The van der Waals surface area contributed by atoms with Crippen molar-refractivity contribution in [1.29, 1.82) is 0 Å². The molecule has 1 aromatic carbocycles. The number of ether oxygens (including phenoxy) is 3. The fraction of sp³-hybridized carbons (Fsp3) is 0.474. The van der Waals surface area contributed by atoms with Crippen LogP contribution in [-0.4, -0.2) is 38.5 Å². The SMILES string of the molecule is COCCOc1ccc([C@@H](C)NC(=O)Cc2c(C)noc2C)cc1OC. The predicted molar refractivity (Wildman–Crippen MR) is 96.6 cm³/mol. The first kappa shape index (κ1) is 19.8. The van der Waals surface area contributed by atoms with Crippen LogP contribution in [0.3, 0.4) is 0 Å². The van der Waals surface area contributed by atoms with Gasteiger partial charge < -0.3 is 24.1 Å². The molecule has 7 heteroatoms. The summed E-state index contributed by atoms with van der Waals surface area (Å²) in [5.74, 6) is 1.84. The molecule has 0 aliphatic rings. The summed E-state index contributed by atoms with van der Waals surface area (Å²) < 4.78 is 21.1. The number of carbonyl (C=O) groups is 1. The lowest BCUT2D eigenvalue weighted by Gasteiger charge is -2.17. The van der Waals surface area contributed by atoms with E-state index in [0.29, 0.717) is 30.5 Å². The van der Waals surface area contributed by atoms with Gasteiger partial charge in [-0.25, -0.2) is 0 Å². The van der Waals surface area contributed by atoms with Crippen LogP contribution < -0.4 is 14.8 Å². The van der Waals surface area contributed by atoms with Gasteiger partial charge in [-0.1, -0.05) is 11.2 Å². The van der Waals surface area contributed by atoms with Gasteiger partial charge in [0.15, 0.2) is 11.5 Å². The number of aryl methyl sites for hydroxylation is 2. The van der Waals surface area contributed by atoms with E-state index in [1.165, 1.54) is 0 Å². The zero-order chi connectivity index (χ0) is 19.1. The Morgan fingerprint density at radius 1 is 1.23 bits per heavy atom. The highest BCUT2D eigenvalue weighted by Gasteiger charge is 2.17. The number of nitrogens with one attached hydrogen (secondary N) is 1. The summed E-state index contributed by atoms with van der Waals surface area (Å²) in [6.07, 6.45) is 0.237. The molecule has 1 N–H and O–H groups in total. The molecule has 0 unspecified atom stereocenters. The van der Waals surface area contributed by atoms with Gasteiger partial charge in [-0.2, -0.15) is 0 Å². The molecule has 2 aromatic rings. The molecule has 26 heavy (non-hydrogen) atoms. The summed E-state index contributed by atoms with van der Waals surface area (Å²) in [7, 11) is 3.21. The van der Waals surface area contributed by atoms with Gasteiger partial charge >= 0.3 is 0 Å². The van der Waals surface area contributed by atoms with Crippen LogP contribution in [0, 0.1) is 13.8 Å². The van der Waals surface area contributed by atoms with E-state index in [4.69, 9.17) is 18.7 Å². The molecule has 0 saturated heterocycles. The van der Waals surface area contributed by atoms with Gasteiger partial charge in [0.1, 0.15) is 12.4 Å². The molecular formula is C19H26N2O5. The highest BCUT2D eigenvalue weighted by Crippen LogP contribution is 2.30. The molecule has 0 fully saturated rings. The van der Waals surface area contributed by atoms with Crippen molar-refractivity contribution in [2.75, 3.05) is 27.4 Å². The Labute approximate surface area is 153 Å². The fourth-order valence-corrected chi connectivity index (χ4v) is 2.60. The number of benzene rings is 1. The van der Waals surface area contributed by atoms with Gasteiger partial charge in [0, 0.05) is 12.7 Å². The molecule has 1 atom stereocenters. The minimum atomic E-state index is -0.176. The lowest BCUT2D eigenvalue weighted by atomic mass is 10.1. The molecule has 2 rings (SSSR count). The molecule has 0 spiro atoms.